The Hall–Kier alpha value is -4.30. The number of likely N-dealkylation sites (N-methyl/N-ethyl adjacent to an activating group) is 1. The third-order valence-corrected chi connectivity index (χ3v) is 7.88. The number of amides is 2. The number of carbonyl (C=O) groups excluding carboxylic acids is 3. The molecule has 1 aliphatic heterocycles. The second-order valence-corrected chi connectivity index (χ2v) is 10.8. The third-order valence-electron chi connectivity index (χ3n) is 7.64. The van der Waals surface area contributed by atoms with Crippen molar-refractivity contribution >= 4 is 29.4 Å². The van der Waals surface area contributed by atoms with Gasteiger partial charge in [0.05, 0.1) is 32.9 Å². The number of nitrogens with zero attached hydrogens (tertiary/aromatic N) is 2. The van der Waals surface area contributed by atoms with Gasteiger partial charge < -0.3 is 24.0 Å². The molecule has 1 heterocycles. The smallest absolute Gasteiger partial charge is 0.336 e. The van der Waals surface area contributed by atoms with Crippen molar-refractivity contribution in [2.45, 2.75) is 39.2 Å². The van der Waals surface area contributed by atoms with Crippen molar-refractivity contribution in [3.63, 3.8) is 0 Å². The van der Waals surface area contributed by atoms with Gasteiger partial charge in [-0.25, -0.2) is 4.79 Å². The molecule has 0 saturated heterocycles. The Bertz CT molecular complexity index is 1520. The van der Waals surface area contributed by atoms with Crippen molar-refractivity contribution in [2.75, 3.05) is 34.4 Å². The van der Waals surface area contributed by atoms with E-state index < -0.39 is 11.9 Å². The van der Waals surface area contributed by atoms with Crippen LogP contribution in [0.3, 0.4) is 0 Å². The maximum atomic E-state index is 13.4. The number of benzene rings is 3. The summed E-state index contributed by atoms with van der Waals surface area (Å²) in [4.78, 5) is 42.8. The normalized spacial score (nSPS) is 14.9. The van der Waals surface area contributed by atoms with Gasteiger partial charge in [-0.1, -0.05) is 41.9 Å². The van der Waals surface area contributed by atoms with Gasteiger partial charge in [-0.2, -0.15) is 0 Å². The van der Waals surface area contributed by atoms with Crippen molar-refractivity contribution in [3.8, 4) is 11.5 Å². The van der Waals surface area contributed by atoms with Crippen LogP contribution in [0, 0.1) is 0 Å². The highest BCUT2D eigenvalue weighted by atomic mass is 35.5. The molecule has 9 heteroatoms. The molecule has 1 atom stereocenters. The molecule has 0 bridgehead atoms. The van der Waals surface area contributed by atoms with Crippen molar-refractivity contribution in [1.82, 2.24) is 9.80 Å². The average molecular weight is 605 g/mol. The van der Waals surface area contributed by atoms with E-state index in [4.69, 9.17) is 25.8 Å². The molecule has 3 aromatic carbocycles. The van der Waals surface area contributed by atoms with Crippen LogP contribution in [0.25, 0.3) is 0 Å². The van der Waals surface area contributed by atoms with Gasteiger partial charge in [-0.05, 0) is 73.4 Å². The molecule has 1 unspecified atom stereocenters. The summed E-state index contributed by atoms with van der Waals surface area (Å²) < 4.78 is 16.1. The Morgan fingerprint density at radius 1 is 0.977 bits per heavy atom. The van der Waals surface area contributed by atoms with E-state index in [1.807, 2.05) is 42.5 Å². The van der Waals surface area contributed by atoms with E-state index in [0.29, 0.717) is 46.3 Å². The molecule has 226 valence electrons. The second kappa shape index (κ2) is 14.2. The van der Waals surface area contributed by atoms with Crippen LogP contribution < -0.4 is 9.47 Å². The van der Waals surface area contributed by atoms with Crippen molar-refractivity contribution in [1.29, 1.82) is 0 Å². The van der Waals surface area contributed by atoms with Gasteiger partial charge in [-0.3, -0.25) is 9.59 Å². The molecule has 3 aromatic rings. The third kappa shape index (κ3) is 7.38. The lowest BCUT2D eigenvalue weighted by atomic mass is 9.83. The average Bonchev–Trinajstić information content (AvgIpc) is 3.01. The molecule has 0 aromatic heterocycles. The molecule has 0 N–H and O–H groups in total. The summed E-state index contributed by atoms with van der Waals surface area (Å²) in [5.74, 6) is 0.203. The fourth-order valence-electron chi connectivity index (χ4n) is 5.28. The first-order valence-corrected chi connectivity index (χ1v) is 14.5. The number of rotatable bonds is 11. The van der Waals surface area contributed by atoms with E-state index in [2.05, 4.69) is 0 Å². The summed E-state index contributed by atoms with van der Waals surface area (Å²) in [6.07, 6.45) is 0.773. The number of methoxy groups -OCH3 is 2. The largest absolute Gasteiger partial charge is 0.493 e. The van der Waals surface area contributed by atoms with Crippen LogP contribution in [0.4, 0.5) is 0 Å². The molecule has 0 radical (unpaired) electrons. The van der Waals surface area contributed by atoms with Crippen molar-refractivity contribution in [2.24, 2.45) is 0 Å². The lowest BCUT2D eigenvalue weighted by Crippen LogP contribution is -2.38. The Morgan fingerprint density at radius 2 is 1.67 bits per heavy atom. The van der Waals surface area contributed by atoms with Crippen molar-refractivity contribution in [3.05, 3.63) is 105 Å². The monoisotopic (exact) mass is 604 g/mol. The quantitative estimate of drug-likeness (QED) is 0.249. The second-order valence-electron chi connectivity index (χ2n) is 10.4. The number of hydrogen-bond acceptors (Lipinski definition) is 6. The predicted molar refractivity (Wildman–Crippen MR) is 165 cm³/mol. The first kappa shape index (κ1) is 31.6. The van der Waals surface area contributed by atoms with Crippen LogP contribution in [0.15, 0.2) is 78.0 Å². The van der Waals surface area contributed by atoms with Gasteiger partial charge in [0.2, 0.25) is 5.91 Å². The molecule has 8 nitrogen and oxygen atoms in total. The minimum Gasteiger partial charge on any atom is -0.493 e. The highest BCUT2D eigenvalue weighted by molar-refractivity contribution is 6.30. The first-order valence-electron chi connectivity index (χ1n) is 14.2. The van der Waals surface area contributed by atoms with E-state index in [9.17, 15) is 14.4 Å². The zero-order valence-electron chi connectivity index (χ0n) is 25.2. The highest BCUT2D eigenvalue weighted by Gasteiger charge is 2.37. The summed E-state index contributed by atoms with van der Waals surface area (Å²) in [7, 11) is 4.96. The summed E-state index contributed by atoms with van der Waals surface area (Å²) in [6.45, 7) is 4.53. The summed E-state index contributed by atoms with van der Waals surface area (Å²) in [5.41, 5.74) is 4.20. The zero-order valence-corrected chi connectivity index (χ0v) is 25.9. The molecular formula is C34H37ClN2O6. The highest BCUT2D eigenvalue weighted by Crippen LogP contribution is 2.38. The van der Waals surface area contributed by atoms with Crippen LogP contribution >= 0.6 is 11.6 Å². The maximum Gasteiger partial charge on any atom is 0.336 e. The van der Waals surface area contributed by atoms with E-state index >= 15 is 0 Å². The number of allylic oxidation sites excluding steroid dienone is 1. The Kier molecular flexibility index (Phi) is 10.5. The molecule has 0 spiro atoms. The maximum absolute atomic E-state index is 13.4. The Balaban J connectivity index is 1.47. The number of ether oxygens (including phenoxy) is 3. The number of hydrogen-bond donors (Lipinski definition) is 0. The minimum atomic E-state index is -0.448. The minimum absolute atomic E-state index is 0.105. The molecule has 0 saturated carbocycles. The molecule has 4 rings (SSSR count). The molecule has 0 fully saturated rings. The van der Waals surface area contributed by atoms with E-state index in [1.165, 1.54) is 0 Å². The molecule has 43 heavy (non-hydrogen) atoms. The van der Waals surface area contributed by atoms with Crippen LogP contribution in [0.2, 0.25) is 5.02 Å². The zero-order chi connectivity index (χ0) is 31.1. The van der Waals surface area contributed by atoms with E-state index in [1.54, 1.807) is 69.2 Å². The van der Waals surface area contributed by atoms with Gasteiger partial charge in [-0.15, -0.1) is 0 Å². The number of esters is 1. The molecular weight excluding hydrogens is 568 g/mol. The molecule has 1 aliphatic rings. The van der Waals surface area contributed by atoms with Crippen LogP contribution in [-0.4, -0.2) is 62.0 Å². The molecule has 0 aliphatic carbocycles. The van der Waals surface area contributed by atoms with Gasteiger partial charge >= 0.3 is 5.97 Å². The number of carbonyl (C=O) groups is 3. The van der Waals surface area contributed by atoms with Crippen LogP contribution in [0.5, 0.6) is 11.5 Å². The lowest BCUT2D eigenvalue weighted by Gasteiger charge is -2.34. The lowest BCUT2D eigenvalue weighted by molar-refractivity contribution is -0.140. The summed E-state index contributed by atoms with van der Waals surface area (Å²) in [6, 6.07) is 20.1. The Labute approximate surface area is 257 Å². The predicted octanol–water partition coefficient (Wildman–Crippen LogP) is 6.03. The summed E-state index contributed by atoms with van der Waals surface area (Å²) >= 11 is 6.22. The van der Waals surface area contributed by atoms with E-state index in [-0.39, 0.29) is 31.4 Å². The standard InChI is InChI=1S/C34H37ClN2O6/c1-6-43-34(40)32-22(2)37(31(38)20-28(32)26-8-7-9-27(35)19-26)21-24-10-13-25(14-11-24)33(39)36(3)17-16-23-12-15-29(41-4)30(18-23)42-5/h7-15,18-19,28H,6,16-17,20-21H2,1-5H3. The first-order chi connectivity index (χ1) is 20.7. The van der Waals surface area contributed by atoms with Crippen LogP contribution in [-0.2, 0) is 27.3 Å². The number of halogens is 1. The van der Waals surface area contributed by atoms with E-state index in [0.717, 1.165) is 16.7 Å². The SMILES string of the molecule is CCOC(=O)C1=C(C)N(Cc2ccc(C(=O)N(C)CCc3ccc(OC)c(OC)c3)cc2)C(=O)CC1c1cccc(Cl)c1. The van der Waals surface area contributed by atoms with Crippen LogP contribution in [0.1, 0.15) is 53.2 Å². The van der Waals surface area contributed by atoms with Gasteiger partial charge in [0.15, 0.2) is 11.5 Å². The molecule has 2 amide bonds. The van der Waals surface area contributed by atoms with Gasteiger partial charge in [0.25, 0.3) is 5.91 Å². The fraction of sp³-hybridized carbons (Fsp3) is 0.324. The fourth-order valence-corrected chi connectivity index (χ4v) is 5.47. The van der Waals surface area contributed by atoms with Crippen molar-refractivity contribution < 1.29 is 28.6 Å². The van der Waals surface area contributed by atoms with Gasteiger partial charge in [0.1, 0.15) is 0 Å². The van der Waals surface area contributed by atoms with Gasteiger partial charge in [0, 0.05) is 42.2 Å². The topological polar surface area (TPSA) is 85.4 Å². The summed E-state index contributed by atoms with van der Waals surface area (Å²) in [5, 5.41) is 0.537. The Morgan fingerprint density at radius 3 is 2.33 bits per heavy atom.